The van der Waals surface area contributed by atoms with E-state index in [9.17, 15) is 4.79 Å². The van der Waals surface area contributed by atoms with Crippen LogP contribution in [0.4, 0.5) is 0 Å². The van der Waals surface area contributed by atoms with Crippen LogP contribution in [0.1, 0.15) is 42.7 Å². The molecule has 2 aliphatic rings. The maximum absolute atomic E-state index is 11.3. The Morgan fingerprint density at radius 2 is 1.76 bits per heavy atom. The van der Waals surface area contributed by atoms with Crippen molar-refractivity contribution >= 4 is 5.78 Å². The Kier molecular flexibility index (Phi) is 2.33. The molecule has 84 valence electrons. The topological polar surface area (TPSA) is 40.9 Å². The molecule has 3 rings (SSSR count). The second-order valence-corrected chi connectivity index (χ2v) is 4.90. The van der Waals surface area contributed by atoms with E-state index in [0.717, 1.165) is 24.0 Å². The zero-order chi connectivity index (χ0) is 11.8. The first-order chi connectivity index (χ1) is 8.28. The van der Waals surface area contributed by atoms with Crippen LogP contribution < -0.4 is 0 Å². The number of nitrogens with zero attached hydrogens (tertiary/aromatic N) is 1. The van der Waals surface area contributed by atoms with Crippen molar-refractivity contribution in [3.63, 3.8) is 0 Å². The Morgan fingerprint density at radius 3 is 2.41 bits per heavy atom. The Morgan fingerprint density at radius 1 is 1.12 bits per heavy atom. The zero-order valence-corrected chi connectivity index (χ0v) is 9.57. The average molecular weight is 223 g/mol. The molecule has 0 amide bonds. The van der Waals surface area contributed by atoms with Crippen LogP contribution in [0.3, 0.4) is 0 Å². The average Bonchev–Trinajstić information content (AvgIpc) is 2.86. The van der Waals surface area contributed by atoms with E-state index in [1.54, 1.807) is 0 Å². The van der Waals surface area contributed by atoms with Crippen molar-refractivity contribution in [1.82, 2.24) is 0 Å². The number of hydrogen-bond acceptors (Lipinski definition) is 2. The van der Waals surface area contributed by atoms with E-state index in [1.165, 1.54) is 11.1 Å². The Hall–Kier alpha value is -1.88. The van der Waals surface area contributed by atoms with Gasteiger partial charge in [0.05, 0.1) is 11.6 Å². The second-order valence-electron chi connectivity index (χ2n) is 4.90. The second kappa shape index (κ2) is 3.85. The van der Waals surface area contributed by atoms with Gasteiger partial charge in [-0.15, -0.1) is 0 Å². The minimum absolute atomic E-state index is 0.363. The highest BCUT2D eigenvalue weighted by Crippen LogP contribution is 2.45. The Bertz CT molecular complexity index is 543. The van der Waals surface area contributed by atoms with Gasteiger partial charge in [-0.3, -0.25) is 4.79 Å². The summed E-state index contributed by atoms with van der Waals surface area (Å²) in [6.07, 6.45) is 3.25. The molecule has 1 aromatic carbocycles. The van der Waals surface area contributed by atoms with E-state index in [-0.39, 0.29) is 0 Å². The lowest BCUT2D eigenvalue weighted by Gasteiger charge is -2.13. The first kappa shape index (κ1) is 10.3. The lowest BCUT2D eigenvalue weighted by Crippen LogP contribution is -2.01. The number of hydrogen-bond donors (Lipinski definition) is 0. The molecule has 0 aromatic heterocycles. The fourth-order valence-electron chi connectivity index (χ4n) is 3.06. The van der Waals surface area contributed by atoms with Gasteiger partial charge >= 0.3 is 0 Å². The summed E-state index contributed by atoms with van der Waals surface area (Å²) in [4.78, 5) is 11.3. The first-order valence-electron chi connectivity index (χ1n) is 5.98. The molecular formula is C15H13NO. The van der Waals surface area contributed by atoms with Gasteiger partial charge < -0.3 is 0 Å². The third kappa shape index (κ3) is 1.68. The summed E-state index contributed by atoms with van der Waals surface area (Å²) < 4.78 is 0. The summed E-state index contributed by atoms with van der Waals surface area (Å²) in [6, 6.07) is 10.1. The van der Waals surface area contributed by atoms with E-state index in [4.69, 9.17) is 5.26 Å². The van der Waals surface area contributed by atoms with Gasteiger partial charge in [-0.1, -0.05) is 29.3 Å². The first-order valence-corrected chi connectivity index (χ1v) is 5.98. The molecule has 0 saturated carbocycles. The summed E-state index contributed by atoms with van der Waals surface area (Å²) in [6.45, 7) is 0. The van der Waals surface area contributed by atoms with Crippen molar-refractivity contribution in [3.05, 3.63) is 46.5 Å². The monoisotopic (exact) mass is 223 g/mol. The number of rotatable bonds is 1. The highest BCUT2D eigenvalue weighted by Gasteiger charge is 2.32. The van der Waals surface area contributed by atoms with Gasteiger partial charge in [0.15, 0.2) is 0 Å². The largest absolute Gasteiger partial charge is 0.299 e. The quantitative estimate of drug-likeness (QED) is 0.686. The lowest BCUT2D eigenvalue weighted by molar-refractivity contribution is -0.117. The highest BCUT2D eigenvalue weighted by molar-refractivity contribution is 5.87. The van der Waals surface area contributed by atoms with Crippen molar-refractivity contribution < 1.29 is 4.79 Å². The van der Waals surface area contributed by atoms with Crippen molar-refractivity contribution in [2.75, 3.05) is 0 Å². The van der Waals surface area contributed by atoms with Gasteiger partial charge in [-0.25, -0.2) is 0 Å². The number of Topliss-reactive ketones (excluding diaryl/α,β-unsaturated/α-hetero) is 1. The summed E-state index contributed by atoms with van der Waals surface area (Å²) in [5, 5.41) is 9.11. The molecule has 0 radical (unpaired) electrons. The number of allylic oxidation sites excluding steroid dienone is 2. The molecule has 0 N–H and O–H groups in total. The van der Waals surface area contributed by atoms with E-state index in [2.05, 4.69) is 6.07 Å². The van der Waals surface area contributed by atoms with Gasteiger partial charge in [-0.05, 0) is 30.4 Å². The van der Waals surface area contributed by atoms with Crippen LogP contribution in [-0.4, -0.2) is 5.78 Å². The summed E-state index contributed by atoms with van der Waals surface area (Å²) in [5.74, 6) is 0.783. The van der Waals surface area contributed by atoms with Gasteiger partial charge in [0, 0.05) is 12.8 Å². The molecule has 0 fully saturated rings. The number of carbonyl (C=O) groups is 1. The molecule has 2 aliphatic carbocycles. The molecule has 0 bridgehead atoms. The lowest BCUT2D eigenvalue weighted by atomic mass is 9.90. The van der Waals surface area contributed by atoms with Crippen LogP contribution in [-0.2, 0) is 4.79 Å². The van der Waals surface area contributed by atoms with Gasteiger partial charge in [-0.2, -0.15) is 5.26 Å². The Balaban J connectivity index is 1.86. The van der Waals surface area contributed by atoms with Crippen LogP contribution in [0.25, 0.3) is 0 Å². The van der Waals surface area contributed by atoms with Gasteiger partial charge in [0.25, 0.3) is 0 Å². The Labute approximate surface area is 101 Å². The maximum atomic E-state index is 11.3. The molecule has 0 heterocycles. The number of nitriles is 1. The molecule has 1 aromatic rings. The standard InChI is InChI=1S/C15H13NO/c16-9-10-3-1-2-4-15(10)13-5-11-7-14(17)8-12(11)6-13/h1-4,13H,5-8H2. The van der Waals surface area contributed by atoms with Crippen LogP contribution in [0.5, 0.6) is 0 Å². The van der Waals surface area contributed by atoms with E-state index >= 15 is 0 Å². The summed E-state index contributed by atoms with van der Waals surface area (Å²) in [7, 11) is 0. The molecule has 17 heavy (non-hydrogen) atoms. The highest BCUT2D eigenvalue weighted by atomic mass is 16.1. The number of ketones is 1. The molecule has 0 atom stereocenters. The van der Waals surface area contributed by atoms with Crippen LogP contribution in [0.15, 0.2) is 35.4 Å². The van der Waals surface area contributed by atoms with E-state index in [1.807, 2.05) is 24.3 Å². The minimum atomic E-state index is 0.363. The van der Waals surface area contributed by atoms with Crippen LogP contribution in [0.2, 0.25) is 0 Å². The third-order valence-electron chi connectivity index (χ3n) is 3.83. The number of benzene rings is 1. The number of carbonyl (C=O) groups excluding carboxylic acids is 1. The van der Waals surface area contributed by atoms with Crippen LogP contribution >= 0.6 is 0 Å². The minimum Gasteiger partial charge on any atom is -0.299 e. The zero-order valence-electron chi connectivity index (χ0n) is 9.57. The molecule has 2 nitrogen and oxygen atoms in total. The molecular weight excluding hydrogens is 210 g/mol. The normalized spacial score (nSPS) is 19.6. The van der Waals surface area contributed by atoms with Crippen molar-refractivity contribution in [1.29, 1.82) is 5.26 Å². The van der Waals surface area contributed by atoms with Gasteiger partial charge in [0.1, 0.15) is 5.78 Å². The predicted octanol–water partition coefficient (Wildman–Crippen LogP) is 3.10. The SMILES string of the molecule is N#Cc1ccccc1C1CC2=C(CC(=O)C2)C1. The summed E-state index contributed by atoms with van der Waals surface area (Å²) >= 11 is 0. The fraction of sp³-hybridized carbons (Fsp3) is 0.333. The van der Waals surface area contributed by atoms with Crippen molar-refractivity contribution in [2.45, 2.75) is 31.6 Å². The summed E-state index contributed by atoms with van der Waals surface area (Å²) in [5.41, 5.74) is 4.61. The maximum Gasteiger partial charge on any atom is 0.140 e. The smallest absolute Gasteiger partial charge is 0.140 e. The predicted molar refractivity (Wildman–Crippen MR) is 64.4 cm³/mol. The molecule has 2 heteroatoms. The van der Waals surface area contributed by atoms with E-state index in [0.29, 0.717) is 24.5 Å². The third-order valence-corrected chi connectivity index (χ3v) is 3.83. The van der Waals surface area contributed by atoms with Gasteiger partial charge in [0.2, 0.25) is 0 Å². The molecule has 0 unspecified atom stereocenters. The fourth-order valence-corrected chi connectivity index (χ4v) is 3.06. The van der Waals surface area contributed by atoms with E-state index < -0.39 is 0 Å². The van der Waals surface area contributed by atoms with Crippen molar-refractivity contribution in [3.8, 4) is 6.07 Å². The van der Waals surface area contributed by atoms with Crippen molar-refractivity contribution in [2.24, 2.45) is 0 Å². The van der Waals surface area contributed by atoms with Crippen LogP contribution in [0, 0.1) is 11.3 Å². The molecule has 0 aliphatic heterocycles. The molecule has 0 saturated heterocycles. The molecule has 0 spiro atoms.